The Morgan fingerprint density at radius 2 is 1.85 bits per heavy atom. The van der Waals surface area contributed by atoms with Crippen LogP contribution in [-0.2, 0) is 6.54 Å². The first kappa shape index (κ1) is 14.7. The van der Waals surface area contributed by atoms with Gasteiger partial charge in [-0.2, -0.15) is 0 Å². The number of nitrogens with one attached hydrogen (secondary N) is 1. The lowest BCUT2D eigenvalue weighted by atomic mass is 10.2. The molecule has 0 aliphatic carbocycles. The molecule has 4 heteroatoms. The van der Waals surface area contributed by atoms with Crippen LogP contribution in [0, 0.1) is 6.92 Å². The molecule has 20 heavy (non-hydrogen) atoms. The summed E-state index contributed by atoms with van der Waals surface area (Å²) in [6.07, 6.45) is 0. The summed E-state index contributed by atoms with van der Waals surface area (Å²) >= 11 is 6.25. The SMILES string of the molecule is CCN(Cc1nc(NC)ccc1Cl)c1ccc(C)cc1. The summed E-state index contributed by atoms with van der Waals surface area (Å²) < 4.78 is 0. The highest BCUT2D eigenvalue weighted by Crippen LogP contribution is 2.22. The van der Waals surface area contributed by atoms with Gasteiger partial charge in [0.15, 0.2) is 0 Å². The molecule has 0 unspecified atom stereocenters. The number of hydrogen-bond donors (Lipinski definition) is 1. The fraction of sp³-hybridized carbons (Fsp3) is 0.312. The summed E-state index contributed by atoms with van der Waals surface area (Å²) in [4.78, 5) is 6.79. The van der Waals surface area contributed by atoms with Crippen LogP contribution in [0.15, 0.2) is 36.4 Å². The molecule has 0 aliphatic rings. The minimum absolute atomic E-state index is 0.702. The minimum atomic E-state index is 0.702. The third-order valence-electron chi connectivity index (χ3n) is 3.30. The number of anilines is 2. The summed E-state index contributed by atoms with van der Waals surface area (Å²) in [7, 11) is 1.86. The Balaban J connectivity index is 2.23. The molecule has 0 amide bonds. The number of pyridine rings is 1. The summed E-state index contributed by atoms with van der Waals surface area (Å²) in [5.74, 6) is 0.837. The van der Waals surface area contributed by atoms with Crippen LogP contribution in [0.4, 0.5) is 11.5 Å². The molecule has 0 saturated heterocycles. The van der Waals surface area contributed by atoms with Gasteiger partial charge in [0.2, 0.25) is 0 Å². The van der Waals surface area contributed by atoms with Crippen molar-refractivity contribution in [3.63, 3.8) is 0 Å². The van der Waals surface area contributed by atoms with E-state index < -0.39 is 0 Å². The van der Waals surface area contributed by atoms with Crippen LogP contribution in [0.25, 0.3) is 0 Å². The van der Waals surface area contributed by atoms with Gasteiger partial charge < -0.3 is 10.2 Å². The average molecular weight is 290 g/mol. The smallest absolute Gasteiger partial charge is 0.126 e. The Morgan fingerprint density at radius 1 is 1.15 bits per heavy atom. The lowest BCUT2D eigenvalue weighted by molar-refractivity contribution is 0.810. The zero-order valence-corrected chi connectivity index (χ0v) is 12.9. The fourth-order valence-corrected chi connectivity index (χ4v) is 2.22. The number of benzene rings is 1. The molecule has 0 aliphatic heterocycles. The maximum atomic E-state index is 6.25. The first-order chi connectivity index (χ1) is 9.63. The van der Waals surface area contributed by atoms with E-state index in [1.807, 2.05) is 19.2 Å². The summed E-state index contributed by atoms with van der Waals surface area (Å²) in [5.41, 5.74) is 3.34. The van der Waals surface area contributed by atoms with Crippen molar-refractivity contribution in [2.75, 3.05) is 23.8 Å². The van der Waals surface area contributed by atoms with Gasteiger partial charge in [-0.3, -0.25) is 0 Å². The van der Waals surface area contributed by atoms with Crippen molar-refractivity contribution in [1.29, 1.82) is 0 Å². The van der Waals surface area contributed by atoms with Gasteiger partial charge in [-0.25, -0.2) is 4.98 Å². The molecule has 3 nitrogen and oxygen atoms in total. The zero-order valence-electron chi connectivity index (χ0n) is 12.2. The van der Waals surface area contributed by atoms with Gasteiger partial charge in [0.1, 0.15) is 5.82 Å². The molecule has 0 saturated carbocycles. The molecular weight excluding hydrogens is 270 g/mol. The third-order valence-corrected chi connectivity index (χ3v) is 3.64. The molecule has 1 N–H and O–H groups in total. The zero-order chi connectivity index (χ0) is 14.5. The Bertz CT molecular complexity index is 566. The fourth-order valence-electron chi connectivity index (χ4n) is 2.06. The van der Waals surface area contributed by atoms with Gasteiger partial charge >= 0.3 is 0 Å². The monoisotopic (exact) mass is 289 g/mol. The number of rotatable bonds is 5. The third kappa shape index (κ3) is 3.42. The van der Waals surface area contributed by atoms with Gasteiger partial charge in [-0.1, -0.05) is 29.3 Å². The number of aryl methyl sites for hydroxylation is 1. The Morgan fingerprint density at radius 3 is 2.45 bits per heavy atom. The van der Waals surface area contributed by atoms with E-state index in [0.717, 1.165) is 18.1 Å². The summed E-state index contributed by atoms with van der Waals surface area (Å²) in [5, 5.41) is 3.75. The van der Waals surface area contributed by atoms with E-state index in [4.69, 9.17) is 11.6 Å². The van der Waals surface area contributed by atoms with Crippen molar-refractivity contribution in [1.82, 2.24) is 4.98 Å². The largest absolute Gasteiger partial charge is 0.373 e. The lowest BCUT2D eigenvalue weighted by Crippen LogP contribution is -2.23. The summed E-state index contributed by atoms with van der Waals surface area (Å²) in [6, 6.07) is 12.3. The molecule has 2 aromatic rings. The summed E-state index contributed by atoms with van der Waals surface area (Å²) in [6.45, 7) is 5.84. The topological polar surface area (TPSA) is 28.2 Å². The maximum Gasteiger partial charge on any atom is 0.126 e. The van der Waals surface area contributed by atoms with Gasteiger partial charge in [0, 0.05) is 19.3 Å². The van der Waals surface area contributed by atoms with Crippen molar-refractivity contribution in [2.24, 2.45) is 0 Å². The second-order valence-corrected chi connectivity index (χ2v) is 5.13. The van der Waals surface area contributed by atoms with Crippen molar-refractivity contribution in [2.45, 2.75) is 20.4 Å². The molecular formula is C16H20ClN3. The normalized spacial score (nSPS) is 10.4. The average Bonchev–Trinajstić information content (AvgIpc) is 2.47. The predicted molar refractivity (Wildman–Crippen MR) is 86.7 cm³/mol. The first-order valence-corrected chi connectivity index (χ1v) is 7.16. The molecule has 0 bridgehead atoms. The van der Waals surface area contributed by atoms with Crippen LogP contribution in [0.5, 0.6) is 0 Å². The predicted octanol–water partition coefficient (Wildman–Crippen LogP) is 4.11. The van der Waals surface area contributed by atoms with Crippen molar-refractivity contribution in [3.05, 3.63) is 52.7 Å². The highest BCUT2D eigenvalue weighted by atomic mass is 35.5. The van der Waals surface area contributed by atoms with Crippen LogP contribution < -0.4 is 10.2 Å². The van der Waals surface area contributed by atoms with E-state index >= 15 is 0 Å². The van der Waals surface area contributed by atoms with E-state index in [1.165, 1.54) is 11.3 Å². The molecule has 106 valence electrons. The van der Waals surface area contributed by atoms with Crippen molar-refractivity contribution >= 4 is 23.1 Å². The van der Waals surface area contributed by atoms with Gasteiger partial charge in [-0.05, 0) is 38.1 Å². The molecule has 0 atom stereocenters. The standard InChI is InChI=1S/C16H20ClN3/c1-4-20(13-7-5-12(2)6-8-13)11-15-14(17)9-10-16(18-3)19-15/h5-10H,4,11H2,1-3H3,(H,18,19). The van der Waals surface area contributed by atoms with Crippen LogP contribution in [-0.4, -0.2) is 18.6 Å². The number of nitrogens with zero attached hydrogens (tertiary/aromatic N) is 2. The molecule has 2 rings (SSSR count). The molecule has 0 radical (unpaired) electrons. The van der Waals surface area contributed by atoms with Crippen molar-refractivity contribution < 1.29 is 0 Å². The van der Waals surface area contributed by atoms with Crippen LogP contribution in [0.2, 0.25) is 5.02 Å². The van der Waals surface area contributed by atoms with E-state index in [0.29, 0.717) is 11.6 Å². The highest BCUT2D eigenvalue weighted by Gasteiger charge is 2.10. The quantitative estimate of drug-likeness (QED) is 0.898. The number of hydrogen-bond acceptors (Lipinski definition) is 3. The molecule has 1 aromatic heterocycles. The molecule has 1 aromatic carbocycles. The van der Waals surface area contributed by atoms with E-state index in [2.05, 4.69) is 53.3 Å². The van der Waals surface area contributed by atoms with Crippen LogP contribution in [0.1, 0.15) is 18.2 Å². The highest BCUT2D eigenvalue weighted by molar-refractivity contribution is 6.31. The Hall–Kier alpha value is -1.74. The number of halogens is 1. The van der Waals surface area contributed by atoms with Crippen LogP contribution >= 0.6 is 11.6 Å². The van der Waals surface area contributed by atoms with Gasteiger partial charge in [-0.15, -0.1) is 0 Å². The molecule has 1 heterocycles. The maximum absolute atomic E-state index is 6.25. The van der Waals surface area contributed by atoms with Crippen LogP contribution in [0.3, 0.4) is 0 Å². The van der Waals surface area contributed by atoms with Gasteiger partial charge in [0.05, 0.1) is 17.3 Å². The minimum Gasteiger partial charge on any atom is -0.373 e. The Labute approximate surface area is 125 Å². The Kier molecular flexibility index (Phi) is 4.85. The number of aromatic nitrogens is 1. The molecule has 0 spiro atoms. The second-order valence-electron chi connectivity index (χ2n) is 4.72. The van der Waals surface area contributed by atoms with Crippen molar-refractivity contribution in [3.8, 4) is 0 Å². The lowest BCUT2D eigenvalue weighted by Gasteiger charge is -2.23. The first-order valence-electron chi connectivity index (χ1n) is 6.78. The van der Waals surface area contributed by atoms with E-state index in [1.54, 1.807) is 0 Å². The second kappa shape index (κ2) is 6.62. The van der Waals surface area contributed by atoms with E-state index in [9.17, 15) is 0 Å². The van der Waals surface area contributed by atoms with Gasteiger partial charge in [0.25, 0.3) is 0 Å². The molecule has 0 fully saturated rings. The van der Waals surface area contributed by atoms with E-state index in [-0.39, 0.29) is 0 Å².